The quantitative estimate of drug-likeness (QED) is 0.914. The Hall–Kier alpha value is -1.32. The molecule has 1 aliphatic rings. The van der Waals surface area contributed by atoms with E-state index in [1.54, 1.807) is 0 Å². The molecule has 0 bridgehead atoms. The number of anilines is 1. The van der Waals surface area contributed by atoms with Crippen LogP contribution < -0.4 is 10.2 Å². The van der Waals surface area contributed by atoms with E-state index >= 15 is 0 Å². The summed E-state index contributed by atoms with van der Waals surface area (Å²) in [5, 5.41) is 5.70. The molecule has 1 aromatic carbocycles. The third-order valence-electron chi connectivity index (χ3n) is 3.78. The molecule has 0 fully saturated rings. The normalized spacial score (nSPS) is 16.8. The molecule has 0 aliphatic carbocycles. The Labute approximate surface area is 119 Å². The van der Waals surface area contributed by atoms with E-state index in [9.17, 15) is 0 Å². The van der Waals surface area contributed by atoms with Crippen LogP contribution in [0.5, 0.6) is 0 Å². The Bertz CT molecular complexity index is 521. The van der Waals surface area contributed by atoms with Crippen LogP contribution in [0.15, 0.2) is 41.8 Å². The van der Waals surface area contributed by atoms with Gasteiger partial charge in [0.2, 0.25) is 0 Å². The van der Waals surface area contributed by atoms with Gasteiger partial charge in [-0.3, -0.25) is 0 Å². The molecule has 1 N–H and O–H groups in total. The van der Waals surface area contributed by atoms with E-state index in [0.29, 0.717) is 6.04 Å². The van der Waals surface area contributed by atoms with Crippen molar-refractivity contribution >= 4 is 17.0 Å². The number of fused-ring (bicyclic) bond motifs is 1. The van der Waals surface area contributed by atoms with Crippen LogP contribution in [0.2, 0.25) is 0 Å². The minimum Gasteiger partial charge on any atom is -0.362 e. The van der Waals surface area contributed by atoms with Crippen molar-refractivity contribution in [1.29, 1.82) is 0 Å². The van der Waals surface area contributed by atoms with Crippen molar-refractivity contribution in [3.8, 4) is 0 Å². The first-order chi connectivity index (χ1) is 9.40. The third kappa shape index (κ3) is 2.53. The van der Waals surface area contributed by atoms with E-state index < -0.39 is 0 Å². The summed E-state index contributed by atoms with van der Waals surface area (Å²) in [5.41, 5.74) is 2.81. The first kappa shape index (κ1) is 12.7. The summed E-state index contributed by atoms with van der Waals surface area (Å²) in [4.78, 5) is 4.04. The van der Waals surface area contributed by atoms with Gasteiger partial charge in [0.25, 0.3) is 0 Å². The number of benzene rings is 1. The maximum atomic E-state index is 3.52. The largest absolute Gasteiger partial charge is 0.362 e. The van der Waals surface area contributed by atoms with Crippen molar-refractivity contribution in [3.63, 3.8) is 0 Å². The molecular formula is C16H20N2S. The molecule has 2 aromatic rings. The van der Waals surface area contributed by atoms with Crippen LogP contribution >= 0.6 is 11.3 Å². The number of nitrogens with one attached hydrogen (secondary N) is 1. The van der Waals surface area contributed by atoms with Crippen LogP contribution in [-0.4, -0.2) is 13.1 Å². The summed E-state index contributed by atoms with van der Waals surface area (Å²) in [5.74, 6) is 0. The van der Waals surface area contributed by atoms with Crippen LogP contribution in [0.3, 0.4) is 0 Å². The molecule has 2 nitrogen and oxygen atoms in total. The number of para-hydroxylation sites is 1. The first-order valence-corrected chi connectivity index (χ1v) is 7.86. The lowest BCUT2D eigenvalue weighted by atomic mass is 10.1. The Balaban J connectivity index is 1.99. The lowest BCUT2D eigenvalue weighted by molar-refractivity contribution is 0.598. The molecule has 0 amide bonds. The van der Waals surface area contributed by atoms with E-state index in [-0.39, 0.29) is 0 Å². The summed E-state index contributed by atoms with van der Waals surface area (Å²) in [7, 11) is 0. The Morgan fingerprint density at radius 3 is 2.95 bits per heavy atom. The van der Waals surface area contributed by atoms with Gasteiger partial charge in [0.05, 0.1) is 6.04 Å². The maximum Gasteiger partial charge on any atom is 0.0633 e. The zero-order valence-corrected chi connectivity index (χ0v) is 12.1. The average Bonchev–Trinajstić information content (AvgIpc) is 2.88. The summed E-state index contributed by atoms with van der Waals surface area (Å²) in [6.07, 6.45) is 1.15. The number of hydrogen-bond acceptors (Lipinski definition) is 3. The fourth-order valence-corrected chi connectivity index (χ4v) is 3.79. The lowest BCUT2D eigenvalue weighted by Crippen LogP contribution is -2.32. The van der Waals surface area contributed by atoms with Gasteiger partial charge in [-0.1, -0.05) is 31.2 Å². The van der Waals surface area contributed by atoms with E-state index in [1.165, 1.54) is 16.1 Å². The second-order valence-electron chi connectivity index (χ2n) is 4.94. The fraction of sp³-hybridized carbons (Fsp3) is 0.375. The van der Waals surface area contributed by atoms with Gasteiger partial charge in [0.1, 0.15) is 0 Å². The SMILES string of the molecule is CCC(c1cccs1)N1CCNCc2ccccc21. The summed E-state index contributed by atoms with van der Waals surface area (Å²) in [6, 6.07) is 13.7. The number of thiophene rings is 1. The highest BCUT2D eigenvalue weighted by molar-refractivity contribution is 7.10. The van der Waals surface area contributed by atoms with Gasteiger partial charge in [-0.2, -0.15) is 0 Å². The van der Waals surface area contributed by atoms with Gasteiger partial charge in [-0.15, -0.1) is 11.3 Å². The van der Waals surface area contributed by atoms with E-state index in [2.05, 4.69) is 58.9 Å². The van der Waals surface area contributed by atoms with Gasteiger partial charge in [0.15, 0.2) is 0 Å². The van der Waals surface area contributed by atoms with Gasteiger partial charge >= 0.3 is 0 Å². The topological polar surface area (TPSA) is 15.3 Å². The van der Waals surface area contributed by atoms with Crippen molar-refractivity contribution in [2.24, 2.45) is 0 Å². The third-order valence-corrected chi connectivity index (χ3v) is 4.75. The molecule has 2 heterocycles. The first-order valence-electron chi connectivity index (χ1n) is 6.99. The molecule has 0 saturated carbocycles. The predicted molar refractivity (Wildman–Crippen MR) is 82.8 cm³/mol. The van der Waals surface area contributed by atoms with E-state index in [0.717, 1.165) is 26.1 Å². The predicted octanol–water partition coefficient (Wildman–Crippen LogP) is 3.81. The van der Waals surface area contributed by atoms with Crippen LogP contribution in [0, 0.1) is 0 Å². The van der Waals surface area contributed by atoms with E-state index in [4.69, 9.17) is 0 Å². The molecule has 19 heavy (non-hydrogen) atoms. The number of rotatable bonds is 3. The Kier molecular flexibility index (Phi) is 3.85. The Morgan fingerprint density at radius 1 is 1.26 bits per heavy atom. The lowest BCUT2D eigenvalue weighted by Gasteiger charge is -2.32. The van der Waals surface area contributed by atoms with Crippen LogP contribution in [0.1, 0.15) is 29.8 Å². The average molecular weight is 272 g/mol. The highest BCUT2D eigenvalue weighted by atomic mass is 32.1. The van der Waals surface area contributed by atoms with Crippen molar-refractivity contribution in [2.75, 3.05) is 18.0 Å². The van der Waals surface area contributed by atoms with Gasteiger partial charge in [0, 0.05) is 30.2 Å². The standard InChI is InChI=1S/C16H20N2S/c1-2-14(16-8-5-11-19-16)18-10-9-17-12-13-6-3-4-7-15(13)18/h3-8,11,14,17H,2,9-10,12H2,1H3. The van der Waals surface area contributed by atoms with Gasteiger partial charge < -0.3 is 10.2 Å². The van der Waals surface area contributed by atoms with Crippen LogP contribution in [-0.2, 0) is 6.54 Å². The monoisotopic (exact) mass is 272 g/mol. The highest BCUT2D eigenvalue weighted by Gasteiger charge is 2.23. The van der Waals surface area contributed by atoms with Crippen molar-refractivity contribution in [2.45, 2.75) is 25.9 Å². The molecule has 3 heteroatoms. The smallest absolute Gasteiger partial charge is 0.0633 e. The molecule has 0 radical (unpaired) electrons. The van der Waals surface area contributed by atoms with Crippen LogP contribution in [0.4, 0.5) is 5.69 Å². The molecule has 1 aliphatic heterocycles. The van der Waals surface area contributed by atoms with Crippen molar-refractivity contribution < 1.29 is 0 Å². The van der Waals surface area contributed by atoms with E-state index in [1.807, 2.05) is 11.3 Å². The molecule has 1 aromatic heterocycles. The van der Waals surface area contributed by atoms with Crippen LogP contribution in [0.25, 0.3) is 0 Å². The summed E-state index contributed by atoms with van der Waals surface area (Å²) in [6.45, 7) is 5.39. The Morgan fingerprint density at radius 2 is 2.16 bits per heavy atom. The molecule has 100 valence electrons. The zero-order chi connectivity index (χ0) is 13.1. The molecule has 3 rings (SSSR count). The number of nitrogens with zero attached hydrogens (tertiary/aromatic N) is 1. The van der Waals surface area contributed by atoms with Crippen molar-refractivity contribution in [3.05, 3.63) is 52.2 Å². The fourth-order valence-electron chi connectivity index (χ4n) is 2.86. The molecule has 1 unspecified atom stereocenters. The molecule has 0 spiro atoms. The minimum absolute atomic E-state index is 0.501. The molecule has 1 atom stereocenters. The minimum atomic E-state index is 0.501. The maximum absolute atomic E-state index is 3.52. The summed E-state index contributed by atoms with van der Waals surface area (Å²) >= 11 is 1.87. The number of hydrogen-bond donors (Lipinski definition) is 1. The highest BCUT2D eigenvalue weighted by Crippen LogP contribution is 2.34. The zero-order valence-electron chi connectivity index (χ0n) is 11.3. The second-order valence-corrected chi connectivity index (χ2v) is 5.92. The van der Waals surface area contributed by atoms with Gasteiger partial charge in [-0.05, 0) is 29.5 Å². The van der Waals surface area contributed by atoms with Gasteiger partial charge in [-0.25, -0.2) is 0 Å². The molecular weight excluding hydrogens is 252 g/mol. The summed E-state index contributed by atoms with van der Waals surface area (Å²) < 4.78 is 0. The van der Waals surface area contributed by atoms with Crippen molar-refractivity contribution in [1.82, 2.24) is 5.32 Å². The second kappa shape index (κ2) is 5.76. The molecule has 0 saturated heterocycles.